The van der Waals surface area contributed by atoms with E-state index < -0.39 is 17.9 Å². The van der Waals surface area contributed by atoms with Gasteiger partial charge in [-0.1, -0.05) is 47.6 Å². The third-order valence-corrected chi connectivity index (χ3v) is 6.20. The van der Waals surface area contributed by atoms with Crippen LogP contribution in [0.5, 0.6) is 0 Å². The van der Waals surface area contributed by atoms with Crippen molar-refractivity contribution in [2.75, 3.05) is 16.8 Å². The zero-order valence-corrected chi connectivity index (χ0v) is 22.6. The van der Waals surface area contributed by atoms with Crippen LogP contribution < -0.4 is 15.5 Å². The van der Waals surface area contributed by atoms with Gasteiger partial charge in [-0.3, -0.25) is 24.3 Å². The molecule has 1 atom stereocenters. The number of anilines is 2. The van der Waals surface area contributed by atoms with Gasteiger partial charge in [-0.25, -0.2) is 0 Å². The first-order valence-corrected chi connectivity index (χ1v) is 12.9. The fraction of sp³-hybridized carbons (Fsp3) is 0.194. The summed E-state index contributed by atoms with van der Waals surface area (Å²) in [5.74, 6) is -0.684. The van der Waals surface area contributed by atoms with Crippen LogP contribution in [0, 0.1) is 20.8 Å². The maximum atomic E-state index is 13.8. The van der Waals surface area contributed by atoms with Crippen molar-refractivity contribution < 1.29 is 18.9 Å². The quantitative estimate of drug-likeness (QED) is 0.285. The van der Waals surface area contributed by atoms with Crippen molar-refractivity contribution in [3.8, 4) is 0 Å². The molecular formula is C31H31N5O4. The molecule has 40 heavy (non-hydrogen) atoms. The van der Waals surface area contributed by atoms with Gasteiger partial charge in [-0.2, -0.15) is 0 Å². The van der Waals surface area contributed by atoms with E-state index in [-0.39, 0.29) is 11.7 Å². The Balaban J connectivity index is 1.66. The first-order valence-electron chi connectivity index (χ1n) is 12.9. The summed E-state index contributed by atoms with van der Waals surface area (Å²) in [7, 11) is 0. The summed E-state index contributed by atoms with van der Waals surface area (Å²) >= 11 is 0. The average molecular weight is 538 g/mol. The third-order valence-electron chi connectivity index (χ3n) is 6.20. The number of nitrogens with zero attached hydrogens (tertiary/aromatic N) is 3. The minimum Gasteiger partial charge on any atom is -0.360 e. The van der Waals surface area contributed by atoms with Gasteiger partial charge in [-0.15, -0.1) is 0 Å². The van der Waals surface area contributed by atoms with Gasteiger partial charge in [0.1, 0.15) is 11.8 Å². The number of benzene rings is 2. The van der Waals surface area contributed by atoms with Gasteiger partial charge < -0.3 is 15.2 Å². The number of rotatable bonds is 10. The predicted molar refractivity (Wildman–Crippen MR) is 153 cm³/mol. The normalized spacial score (nSPS) is 11.7. The Labute approximate surface area is 232 Å². The highest BCUT2D eigenvalue weighted by atomic mass is 16.5. The Morgan fingerprint density at radius 2 is 1.70 bits per heavy atom. The van der Waals surface area contributed by atoms with Gasteiger partial charge in [0.2, 0.25) is 11.8 Å². The summed E-state index contributed by atoms with van der Waals surface area (Å²) in [6.45, 7) is 5.87. The minimum absolute atomic E-state index is 0.235. The summed E-state index contributed by atoms with van der Waals surface area (Å²) in [6, 6.07) is 19.5. The van der Waals surface area contributed by atoms with Gasteiger partial charge in [-0.05, 0) is 67.6 Å². The van der Waals surface area contributed by atoms with E-state index in [1.54, 1.807) is 37.5 Å². The lowest BCUT2D eigenvalue weighted by Gasteiger charge is -2.32. The van der Waals surface area contributed by atoms with Crippen LogP contribution in [0.1, 0.15) is 34.1 Å². The summed E-state index contributed by atoms with van der Waals surface area (Å²) < 4.78 is 4.97. The minimum atomic E-state index is -1.02. The molecule has 2 N–H and O–H groups in total. The molecule has 0 fully saturated rings. The molecule has 0 spiro atoms. The second-order valence-electron chi connectivity index (χ2n) is 9.35. The van der Waals surface area contributed by atoms with Crippen molar-refractivity contribution in [3.05, 3.63) is 119 Å². The molecule has 2 heterocycles. The van der Waals surface area contributed by atoms with Crippen LogP contribution in [-0.4, -0.2) is 34.4 Å². The smallest absolute Gasteiger partial charge is 0.252 e. The molecule has 0 saturated heterocycles. The number of aryl methyl sites for hydroxylation is 3. The van der Waals surface area contributed by atoms with E-state index in [1.165, 1.54) is 4.90 Å². The van der Waals surface area contributed by atoms with Crippen LogP contribution in [-0.2, 0) is 20.8 Å². The van der Waals surface area contributed by atoms with Gasteiger partial charge in [0.25, 0.3) is 5.91 Å². The molecule has 0 aliphatic carbocycles. The molecule has 3 amide bonds. The standard InChI is InChI=1S/C31H31N5O4/c1-21-9-10-22(2)26(19-21)36(29(38)12-11-28(37)34-27-20-23(3)40-35-27)30(25-14-16-32-17-15-25)31(39)33-18-13-24-7-5-4-6-8-24/h4-12,14-17,19-20,30H,13,18H2,1-3H3,(H,33,39)(H,34,35,37)/b12-11+. The summed E-state index contributed by atoms with van der Waals surface area (Å²) in [4.78, 5) is 45.6. The van der Waals surface area contributed by atoms with Crippen LogP contribution in [0.3, 0.4) is 0 Å². The second-order valence-corrected chi connectivity index (χ2v) is 9.35. The van der Waals surface area contributed by atoms with Crippen LogP contribution in [0.4, 0.5) is 11.5 Å². The van der Waals surface area contributed by atoms with Crippen molar-refractivity contribution in [2.45, 2.75) is 33.2 Å². The molecule has 204 valence electrons. The zero-order chi connectivity index (χ0) is 28.5. The van der Waals surface area contributed by atoms with E-state index >= 15 is 0 Å². The maximum Gasteiger partial charge on any atom is 0.252 e. The Bertz CT molecular complexity index is 1500. The van der Waals surface area contributed by atoms with Gasteiger partial charge >= 0.3 is 0 Å². The Morgan fingerprint density at radius 3 is 2.40 bits per heavy atom. The SMILES string of the molecule is Cc1ccc(C)c(N(C(=O)/C=C/C(=O)Nc2cc(C)on2)C(C(=O)NCCc2ccccc2)c2ccncc2)c1. The first kappa shape index (κ1) is 28.0. The number of hydrogen-bond donors (Lipinski definition) is 2. The predicted octanol–water partition coefficient (Wildman–Crippen LogP) is 4.62. The molecular weight excluding hydrogens is 506 g/mol. The zero-order valence-electron chi connectivity index (χ0n) is 22.6. The molecule has 0 aliphatic heterocycles. The fourth-order valence-electron chi connectivity index (χ4n) is 4.22. The van der Waals surface area contributed by atoms with E-state index in [0.717, 1.165) is 28.8 Å². The molecule has 0 saturated carbocycles. The molecule has 4 rings (SSSR count). The third kappa shape index (κ3) is 7.28. The van der Waals surface area contributed by atoms with E-state index in [1.807, 2.05) is 62.4 Å². The lowest BCUT2D eigenvalue weighted by atomic mass is 10.0. The van der Waals surface area contributed by atoms with Crippen LogP contribution in [0.25, 0.3) is 0 Å². The second kappa shape index (κ2) is 13.1. The molecule has 2 aromatic heterocycles. The lowest BCUT2D eigenvalue weighted by molar-refractivity contribution is -0.125. The number of carbonyl (C=O) groups is 3. The Hall–Kier alpha value is -5.05. The Kier molecular flexibility index (Phi) is 9.19. The summed E-state index contributed by atoms with van der Waals surface area (Å²) in [5, 5.41) is 9.28. The highest BCUT2D eigenvalue weighted by Gasteiger charge is 2.32. The molecule has 4 aromatic rings. The van der Waals surface area contributed by atoms with Crippen molar-refractivity contribution in [1.82, 2.24) is 15.5 Å². The van der Waals surface area contributed by atoms with Gasteiger partial charge in [0.15, 0.2) is 5.82 Å². The van der Waals surface area contributed by atoms with Gasteiger partial charge in [0, 0.05) is 42.8 Å². The van der Waals surface area contributed by atoms with E-state index in [4.69, 9.17) is 4.52 Å². The van der Waals surface area contributed by atoms with E-state index in [0.29, 0.717) is 30.0 Å². The Morgan fingerprint density at radius 1 is 0.950 bits per heavy atom. The van der Waals surface area contributed by atoms with Crippen LogP contribution >= 0.6 is 0 Å². The summed E-state index contributed by atoms with van der Waals surface area (Å²) in [5.41, 5.74) is 3.94. The van der Waals surface area contributed by atoms with Crippen molar-refractivity contribution >= 4 is 29.2 Å². The first-order chi connectivity index (χ1) is 19.3. The highest BCUT2D eigenvalue weighted by molar-refractivity contribution is 6.10. The number of hydrogen-bond acceptors (Lipinski definition) is 6. The number of pyridine rings is 1. The highest BCUT2D eigenvalue weighted by Crippen LogP contribution is 2.31. The number of amides is 3. The van der Waals surface area contributed by atoms with Crippen LogP contribution in [0.2, 0.25) is 0 Å². The van der Waals surface area contributed by atoms with E-state index in [2.05, 4.69) is 20.8 Å². The molecule has 0 radical (unpaired) electrons. The largest absolute Gasteiger partial charge is 0.360 e. The fourth-order valence-corrected chi connectivity index (χ4v) is 4.22. The number of carbonyl (C=O) groups excluding carboxylic acids is 3. The van der Waals surface area contributed by atoms with E-state index in [9.17, 15) is 14.4 Å². The van der Waals surface area contributed by atoms with Gasteiger partial charge in [0.05, 0.1) is 0 Å². The molecule has 0 bridgehead atoms. The van der Waals surface area contributed by atoms with Crippen LogP contribution in [0.15, 0.2) is 95.8 Å². The molecule has 9 heteroatoms. The molecule has 0 aliphatic rings. The lowest BCUT2D eigenvalue weighted by Crippen LogP contribution is -2.44. The summed E-state index contributed by atoms with van der Waals surface area (Å²) in [6.07, 6.45) is 6.05. The van der Waals surface area contributed by atoms with Crippen molar-refractivity contribution in [2.24, 2.45) is 0 Å². The number of nitrogens with one attached hydrogen (secondary N) is 2. The molecule has 1 unspecified atom stereocenters. The molecule has 9 nitrogen and oxygen atoms in total. The maximum absolute atomic E-state index is 13.8. The van der Waals surface area contributed by atoms with Crippen molar-refractivity contribution in [1.29, 1.82) is 0 Å². The monoisotopic (exact) mass is 537 g/mol. The average Bonchev–Trinajstić information content (AvgIpc) is 3.36. The number of aromatic nitrogens is 2. The molecule has 2 aromatic carbocycles. The topological polar surface area (TPSA) is 117 Å². The van der Waals surface area contributed by atoms with Crippen molar-refractivity contribution in [3.63, 3.8) is 0 Å².